The second-order valence-corrected chi connectivity index (χ2v) is 8.90. The Morgan fingerprint density at radius 3 is 2.47 bits per heavy atom. The largest absolute Gasteiger partial charge is 0.493 e. The number of rotatable bonds is 9. The van der Waals surface area contributed by atoms with E-state index in [1.807, 2.05) is 4.57 Å². The second kappa shape index (κ2) is 11.3. The Hall–Kier alpha value is -3.11. The van der Waals surface area contributed by atoms with E-state index in [2.05, 4.69) is 20.4 Å². The molecule has 3 aromatic rings. The highest BCUT2D eigenvalue weighted by atomic mass is 32.2. The topological polar surface area (TPSA) is 81.5 Å². The Labute approximate surface area is 202 Å². The van der Waals surface area contributed by atoms with Gasteiger partial charge < -0.3 is 14.8 Å². The molecule has 0 saturated carbocycles. The van der Waals surface area contributed by atoms with Crippen LogP contribution in [-0.2, 0) is 11.3 Å². The molecule has 2 heterocycles. The van der Waals surface area contributed by atoms with Crippen molar-refractivity contribution in [1.82, 2.24) is 19.7 Å². The molecule has 1 aromatic heterocycles. The van der Waals surface area contributed by atoms with Gasteiger partial charge in [0.25, 0.3) is 0 Å². The number of carbonyl (C=O) groups is 1. The first-order valence-corrected chi connectivity index (χ1v) is 12.1. The van der Waals surface area contributed by atoms with Gasteiger partial charge in [-0.1, -0.05) is 18.2 Å². The predicted molar refractivity (Wildman–Crippen MR) is 129 cm³/mol. The van der Waals surface area contributed by atoms with Crippen LogP contribution >= 0.6 is 11.8 Å². The first-order chi connectivity index (χ1) is 16.6. The molecular weight excluding hydrogens is 457 g/mol. The lowest BCUT2D eigenvalue weighted by atomic mass is 10.1. The lowest BCUT2D eigenvalue weighted by molar-refractivity contribution is -0.113. The summed E-state index contributed by atoms with van der Waals surface area (Å²) in [5, 5.41) is 12.2. The Balaban J connectivity index is 1.48. The van der Waals surface area contributed by atoms with E-state index in [0.29, 0.717) is 28.9 Å². The number of piperidine rings is 1. The molecule has 1 saturated heterocycles. The van der Waals surface area contributed by atoms with Crippen LogP contribution in [0.1, 0.15) is 25.1 Å². The van der Waals surface area contributed by atoms with Crippen molar-refractivity contribution in [3.05, 3.63) is 54.1 Å². The minimum Gasteiger partial charge on any atom is -0.493 e. The molecule has 0 spiro atoms. The summed E-state index contributed by atoms with van der Waals surface area (Å²) in [6.07, 6.45) is 3.59. The van der Waals surface area contributed by atoms with Crippen molar-refractivity contribution in [2.75, 3.05) is 38.4 Å². The molecule has 180 valence electrons. The summed E-state index contributed by atoms with van der Waals surface area (Å²) in [7, 11) is 3.10. The van der Waals surface area contributed by atoms with Crippen LogP contribution in [0.3, 0.4) is 0 Å². The fourth-order valence-corrected chi connectivity index (χ4v) is 4.68. The minimum atomic E-state index is -0.307. The van der Waals surface area contributed by atoms with Gasteiger partial charge in [0.05, 0.1) is 26.5 Å². The number of carbonyl (C=O) groups excluding carboxylic acids is 1. The standard InChI is InChI=1S/C24H28FN5O3S/c1-32-20-11-8-18(14-21(20)33-2)26-23(31)16-34-24-28-27-22(15-29-12-4-3-5-13-29)30(24)19-9-6-17(25)7-10-19/h6-11,14H,3-5,12-13,15-16H2,1-2H3,(H,26,31). The SMILES string of the molecule is COc1ccc(NC(=O)CSc2nnc(CN3CCCCC3)n2-c2ccc(F)cc2)cc1OC. The fourth-order valence-electron chi connectivity index (χ4n) is 3.90. The monoisotopic (exact) mass is 485 g/mol. The summed E-state index contributed by atoms with van der Waals surface area (Å²) < 4.78 is 26.0. The van der Waals surface area contributed by atoms with Gasteiger partial charge in [-0.2, -0.15) is 0 Å². The maximum absolute atomic E-state index is 13.5. The summed E-state index contributed by atoms with van der Waals surface area (Å²) in [5.74, 6) is 1.53. The molecule has 4 rings (SSSR count). The van der Waals surface area contributed by atoms with Crippen LogP contribution in [0.5, 0.6) is 11.5 Å². The van der Waals surface area contributed by atoms with Gasteiger partial charge in [0.1, 0.15) is 5.82 Å². The molecule has 1 aliphatic heterocycles. The molecule has 1 fully saturated rings. The Kier molecular flexibility index (Phi) is 8.02. The van der Waals surface area contributed by atoms with E-state index in [1.54, 1.807) is 44.6 Å². The van der Waals surface area contributed by atoms with E-state index in [1.165, 1.54) is 43.2 Å². The quantitative estimate of drug-likeness (QED) is 0.456. The van der Waals surface area contributed by atoms with Crippen LogP contribution in [0.15, 0.2) is 47.6 Å². The lowest BCUT2D eigenvalue weighted by Gasteiger charge is -2.26. The third kappa shape index (κ3) is 5.87. The predicted octanol–water partition coefficient (Wildman–Crippen LogP) is 4.14. The second-order valence-electron chi connectivity index (χ2n) is 7.95. The van der Waals surface area contributed by atoms with Crippen LogP contribution in [0.2, 0.25) is 0 Å². The van der Waals surface area contributed by atoms with Crippen molar-refractivity contribution >= 4 is 23.4 Å². The molecular formula is C24H28FN5O3S. The summed E-state index contributed by atoms with van der Waals surface area (Å²) in [5.41, 5.74) is 1.37. The number of benzene rings is 2. The van der Waals surface area contributed by atoms with E-state index in [9.17, 15) is 9.18 Å². The van der Waals surface area contributed by atoms with Crippen molar-refractivity contribution in [2.24, 2.45) is 0 Å². The molecule has 8 nitrogen and oxygen atoms in total. The van der Waals surface area contributed by atoms with Gasteiger partial charge in [0.15, 0.2) is 22.5 Å². The number of hydrogen-bond acceptors (Lipinski definition) is 7. The van der Waals surface area contributed by atoms with Crippen molar-refractivity contribution in [3.63, 3.8) is 0 Å². The smallest absolute Gasteiger partial charge is 0.234 e. The summed E-state index contributed by atoms with van der Waals surface area (Å²) in [6, 6.07) is 11.4. The van der Waals surface area contributed by atoms with Gasteiger partial charge >= 0.3 is 0 Å². The Bertz CT molecular complexity index is 1120. The van der Waals surface area contributed by atoms with Gasteiger partial charge in [-0.25, -0.2) is 4.39 Å². The first kappa shape index (κ1) is 24.0. The van der Waals surface area contributed by atoms with Gasteiger partial charge in [-0.3, -0.25) is 14.3 Å². The molecule has 0 unspecified atom stereocenters. The Morgan fingerprint density at radius 1 is 1.03 bits per heavy atom. The number of thioether (sulfide) groups is 1. The number of anilines is 1. The number of aromatic nitrogens is 3. The zero-order valence-corrected chi connectivity index (χ0v) is 20.1. The molecule has 1 amide bonds. The molecule has 0 atom stereocenters. The number of methoxy groups -OCH3 is 2. The number of halogens is 1. The third-order valence-electron chi connectivity index (χ3n) is 5.60. The molecule has 1 N–H and O–H groups in total. The van der Waals surface area contributed by atoms with Crippen molar-refractivity contribution in [3.8, 4) is 17.2 Å². The maximum atomic E-state index is 13.5. The molecule has 34 heavy (non-hydrogen) atoms. The highest BCUT2D eigenvalue weighted by Crippen LogP contribution is 2.30. The third-order valence-corrected chi connectivity index (χ3v) is 6.53. The first-order valence-electron chi connectivity index (χ1n) is 11.1. The number of nitrogens with one attached hydrogen (secondary N) is 1. The molecule has 2 aromatic carbocycles. The molecule has 0 aliphatic carbocycles. The summed E-state index contributed by atoms with van der Waals surface area (Å²) in [4.78, 5) is 15.0. The number of nitrogens with zero attached hydrogens (tertiary/aromatic N) is 4. The number of amides is 1. The van der Waals surface area contributed by atoms with Crippen molar-refractivity contribution in [1.29, 1.82) is 0 Å². The number of hydrogen-bond donors (Lipinski definition) is 1. The number of ether oxygens (including phenoxy) is 2. The van der Waals surface area contributed by atoms with Gasteiger partial charge in [0.2, 0.25) is 5.91 Å². The maximum Gasteiger partial charge on any atom is 0.234 e. The van der Waals surface area contributed by atoms with Crippen LogP contribution in [0.25, 0.3) is 5.69 Å². The zero-order valence-electron chi connectivity index (χ0n) is 19.3. The van der Waals surface area contributed by atoms with Crippen molar-refractivity contribution in [2.45, 2.75) is 31.0 Å². The fraction of sp³-hybridized carbons (Fsp3) is 0.375. The average Bonchev–Trinajstić information content (AvgIpc) is 3.26. The molecule has 0 bridgehead atoms. The lowest BCUT2D eigenvalue weighted by Crippen LogP contribution is -2.30. The number of likely N-dealkylation sites (tertiary alicyclic amines) is 1. The van der Waals surface area contributed by atoms with E-state index in [-0.39, 0.29) is 17.5 Å². The van der Waals surface area contributed by atoms with Gasteiger partial charge in [-0.15, -0.1) is 10.2 Å². The minimum absolute atomic E-state index is 0.136. The van der Waals surface area contributed by atoms with Crippen LogP contribution in [0, 0.1) is 5.82 Å². The Morgan fingerprint density at radius 2 is 1.76 bits per heavy atom. The normalized spacial score (nSPS) is 14.1. The van der Waals surface area contributed by atoms with E-state index in [4.69, 9.17) is 9.47 Å². The summed E-state index contributed by atoms with van der Waals surface area (Å²) >= 11 is 1.28. The zero-order chi connectivity index (χ0) is 23.9. The van der Waals surface area contributed by atoms with Crippen molar-refractivity contribution < 1.29 is 18.7 Å². The van der Waals surface area contributed by atoms with Crippen LogP contribution in [-0.4, -0.2) is 58.6 Å². The molecule has 10 heteroatoms. The summed E-state index contributed by atoms with van der Waals surface area (Å²) in [6.45, 7) is 2.70. The van der Waals surface area contributed by atoms with Crippen LogP contribution in [0.4, 0.5) is 10.1 Å². The highest BCUT2D eigenvalue weighted by molar-refractivity contribution is 7.99. The average molecular weight is 486 g/mol. The molecule has 1 aliphatic rings. The van der Waals surface area contributed by atoms with Crippen LogP contribution < -0.4 is 14.8 Å². The van der Waals surface area contributed by atoms with Gasteiger partial charge in [0, 0.05) is 17.4 Å². The molecule has 0 radical (unpaired) electrons. The highest BCUT2D eigenvalue weighted by Gasteiger charge is 2.20. The van der Waals surface area contributed by atoms with E-state index in [0.717, 1.165) is 24.6 Å². The van der Waals surface area contributed by atoms with E-state index >= 15 is 0 Å². The van der Waals surface area contributed by atoms with E-state index < -0.39 is 0 Å². The van der Waals surface area contributed by atoms with Gasteiger partial charge in [-0.05, 0) is 62.3 Å².